The Labute approximate surface area is 200 Å². The number of nitrogens with zero attached hydrogens (tertiary/aromatic N) is 1. The van der Waals surface area contributed by atoms with Gasteiger partial charge in [0.1, 0.15) is 0 Å². The van der Waals surface area contributed by atoms with Gasteiger partial charge in [0.05, 0.1) is 0 Å². The van der Waals surface area contributed by atoms with Crippen molar-refractivity contribution < 1.29 is 9.59 Å². The summed E-state index contributed by atoms with van der Waals surface area (Å²) in [6, 6.07) is 18.9. The zero-order chi connectivity index (χ0) is 23.5. The van der Waals surface area contributed by atoms with Crippen molar-refractivity contribution in [2.45, 2.75) is 52.5 Å². The Hall–Kier alpha value is -3.11. The maximum atomic E-state index is 13.8. The predicted octanol–water partition coefficient (Wildman–Crippen LogP) is 6.97. The molecule has 1 aliphatic rings. The molecular weight excluding hydrogens is 432 g/mol. The largest absolute Gasteiger partial charge is 0.322 e. The van der Waals surface area contributed by atoms with Crippen LogP contribution in [0.1, 0.15) is 63.6 Å². The first-order chi connectivity index (χ1) is 15.9. The lowest BCUT2D eigenvalue weighted by atomic mass is 10.0. The first-order valence-corrected chi connectivity index (χ1v) is 11.9. The van der Waals surface area contributed by atoms with Gasteiger partial charge in [0.15, 0.2) is 0 Å². The molecule has 33 heavy (non-hydrogen) atoms. The number of amides is 2. The van der Waals surface area contributed by atoms with E-state index in [2.05, 4.69) is 12.2 Å². The second-order valence-corrected chi connectivity index (χ2v) is 9.14. The first kappa shape index (κ1) is 23.1. The Morgan fingerprint density at radius 2 is 1.79 bits per heavy atom. The number of hydrogen-bond acceptors (Lipinski definition) is 2. The highest BCUT2D eigenvalue weighted by atomic mass is 35.5. The van der Waals surface area contributed by atoms with Crippen LogP contribution in [0.3, 0.4) is 0 Å². The maximum Gasteiger partial charge on any atom is 0.258 e. The van der Waals surface area contributed by atoms with E-state index in [1.54, 1.807) is 6.07 Å². The second kappa shape index (κ2) is 9.80. The van der Waals surface area contributed by atoms with Crippen molar-refractivity contribution >= 4 is 34.8 Å². The molecular formula is C28H29ClN2O2. The zero-order valence-corrected chi connectivity index (χ0v) is 20.1. The van der Waals surface area contributed by atoms with Crippen LogP contribution < -0.4 is 10.2 Å². The lowest BCUT2D eigenvalue weighted by Crippen LogP contribution is -2.40. The van der Waals surface area contributed by atoms with Crippen LogP contribution in [-0.2, 0) is 6.42 Å². The fourth-order valence-electron chi connectivity index (χ4n) is 4.64. The third kappa shape index (κ3) is 4.81. The lowest BCUT2D eigenvalue weighted by Gasteiger charge is -2.31. The summed E-state index contributed by atoms with van der Waals surface area (Å²) in [4.78, 5) is 28.4. The van der Waals surface area contributed by atoms with Crippen molar-refractivity contribution in [2.75, 3.05) is 10.2 Å². The van der Waals surface area contributed by atoms with Crippen LogP contribution in [0, 0.1) is 13.8 Å². The number of rotatable bonds is 4. The van der Waals surface area contributed by atoms with Crippen molar-refractivity contribution in [2.24, 2.45) is 0 Å². The van der Waals surface area contributed by atoms with Gasteiger partial charge in [-0.15, -0.1) is 0 Å². The summed E-state index contributed by atoms with van der Waals surface area (Å²) in [5.74, 6) is -0.169. The van der Waals surface area contributed by atoms with Crippen LogP contribution in [0.25, 0.3) is 0 Å². The summed E-state index contributed by atoms with van der Waals surface area (Å²) >= 11 is 6.24. The molecule has 0 aromatic heterocycles. The Bertz CT molecular complexity index is 1200. The van der Waals surface area contributed by atoms with Gasteiger partial charge in [-0.1, -0.05) is 36.7 Å². The first-order valence-electron chi connectivity index (χ1n) is 11.5. The van der Waals surface area contributed by atoms with Crippen molar-refractivity contribution in [3.8, 4) is 0 Å². The number of nitrogens with one attached hydrogen (secondary N) is 1. The molecule has 0 fully saturated rings. The number of carbonyl (C=O) groups is 2. The summed E-state index contributed by atoms with van der Waals surface area (Å²) in [5, 5.41) is 3.65. The van der Waals surface area contributed by atoms with Gasteiger partial charge in [-0.2, -0.15) is 0 Å². The number of hydrogen-bond donors (Lipinski definition) is 1. The Balaban J connectivity index is 1.63. The number of fused-ring (bicyclic) bond motifs is 1. The molecule has 1 atom stereocenters. The van der Waals surface area contributed by atoms with Crippen LogP contribution >= 0.6 is 11.6 Å². The maximum absolute atomic E-state index is 13.8. The van der Waals surface area contributed by atoms with Crippen molar-refractivity contribution in [3.63, 3.8) is 0 Å². The van der Waals surface area contributed by atoms with Gasteiger partial charge in [-0.3, -0.25) is 9.59 Å². The number of benzene rings is 3. The third-order valence-electron chi connectivity index (χ3n) is 6.44. The molecule has 5 heteroatoms. The molecule has 3 aromatic rings. The molecule has 0 saturated carbocycles. The van der Waals surface area contributed by atoms with E-state index in [-0.39, 0.29) is 17.9 Å². The normalized spacial score (nSPS) is 15.5. The SMILES string of the molecule is CCC1CCCc2cc(Cl)ccc2N1C(=O)c1ccc(NC(=O)c2ccccc2C)cc1C. The molecule has 4 nitrogen and oxygen atoms in total. The highest BCUT2D eigenvalue weighted by Crippen LogP contribution is 2.34. The summed E-state index contributed by atoms with van der Waals surface area (Å²) in [5.41, 5.74) is 5.77. The van der Waals surface area contributed by atoms with Crippen LogP contribution in [0.5, 0.6) is 0 Å². The molecule has 3 aromatic carbocycles. The molecule has 2 amide bonds. The summed E-state index contributed by atoms with van der Waals surface area (Å²) in [7, 11) is 0. The average Bonchev–Trinajstić information content (AvgIpc) is 2.97. The standard InChI is InChI=1S/C28H29ClN2O2/c1-4-23-10-7-9-20-17-21(29)12-15-26(20)31(23)28(33)25-14-13-22(16-19(25)3)30-27(32)24-11-6-5-8-18(24)2/h5-6,8,11-17,23H,4,7,9-10H2,1-3H3,(H,30,32). The molecule has 0 spiro atoms. The minimum Gasteiger partial charge on any atom is -0.322 e. The van der Waals surface area contributed by atoms with Gasteiger partial charge in [-0.25, -0.2) is 0 Å². The molecule has 1 heterocycles. The van der Waals surface area contributed by atoms with Crippen LogP contribution in [0.4, 0.5) is 11.4 Å². The minimum atomic E-state index is -0.157. The van der Waals surface area contributed by atoms with E-state index in [1.807, 2.05) is 73.3 Å². The van der Waals surface area contributed by atoms with Crippen molar-refractivity contribution in [3.05, 3.63) is 93.5 Å². The number of anilines is 2. The molecule has 0 bridgehead atoms. The van der Waals surface area contributed by atoms with E-state index < -0.39 is 0 Å². The van der Waals surface area contributed by atoms with Crippen molar-refractivity contribution in [1.82, 2.24) is 0 Å². The van der Waals surface area contributed by atoms with Gasteiger partial charge in [0, 0.05) is 33.6 Å². The average molecular weight is 461 g/mol. The summed E-state index contributed by atoms with van der Waals surface area (Å²) in [6.45, 7) is 5.96. The van der Waals surface area contributed by atoms with Gasteiger partial charge in [0.25, 0.3) is 11.8 Å². The molecule has 1 aliphatic heterocycles. The minimum absolute atomic E-state index is 0.0124. The number of carbonyl (C=O) groups excluding carboxylic acids is 2. The van der Waals surface area contributed by atoms with E-state index in [0.717, 1.165) is 48.1 Å². The van der Waals surface area contributed by atoms with Gasteiger partial charge >= 0.3 is 0 Å². The quantitative estimate of drug-likeness (QED) is 0.457. The topological polar surface area (TPSA) is 49.4 Å². The summed E-state index contributed by atoms with van der Waals surface area (Å²) in [6.07, 6.45) is 3.78. The number of aryl methyl sites for hydroxylation is 3. The molecule has 4 rings (SSSR count). The fourth-order valence-corrected chi connectivity index (χ4v) is 4.84. The van der Waals surface area contributed by atoms with E-state index in [9.17, 15) is 9.59 Å². The molecule has 170 valence electrons. The smallest absolute Gasteiger partial charge is 0.258 e. The van der Waals surface area contributed by atoms with Gasteiger partial charge in [0.2, 0.25) is 0 Å². The predicted molar refractivity (Wildman–Crippen MR) is 136 cm³/mol. The fraction of sp³-hybridized carbons (Fsp3) is 0.286. The zero-order valence-electron chi connectivity index (χ0n) is 19.3. The molecule has 1 unspecified atom stereocenters. The Morgan fingerprint density at radius 3 is 2.52 bits per heavy atom. The molecule has 0 radical (unpaired) electrons. The van der Waals surface area contributed by atoms with E-state index in [1.165, 1.54) is 0 Å². The van der Waals surface area contributed by atoms with Crippen LogP contribution in [0.2, 0.25) is 5.02 Å². The monoisotopic (exact) mass is 460 g/mol. The highest BCUT2D eigenvalue weighted by Gasteiger charge is 2.30. The molecule has 0 aliphatic carbocycles. The Morgan fingerprint density at radius 1 is 1.00 bits per heavy atom. The Kier molecular flexibility index (Phi) is 6.85. The molecule has 1 N–H and O–H groups in total. The highest BCUT2D eigenvalue weighted by molar-refractivity contribution is 6.30. The molecule has 0 saturated heterocycles. The second-order valence-electron chi connectivity index (χ2n) is 8.70. The van der Waals surface area contributed by atoms with E-state index >= 15 is 0 Å². The van der Waals surface area contributed by atoms with Gasteiger partial charge < -0.3 is 10.2 Å². The van der Waals surface area contributed by atoms with Crippen LogP contribution in [-0.4, -0.2) is 17.9 Å². The third-order valence-corrected chi connectivity index (χ3v) is 6.68. The van der Waals surface area contributed by atoms with Crippen molar-refractivity contribution in [1.29, 1.82) is 0 Å². The van der Waals surface area contributed by atoms with E-state index in [0.29, 0.717) is 21.8 Å². The lowest BCUT2D eigenvalue weighted by molar-refractivity contribution is 0.0973. The van der Waals surface area contributed by atoms with Crippen LogP contribution in [0.15, 0.2) is 60.7 Å². The van der Waals surface area contributed by atoms with Gasteiger partial charge in [-0.05, 0) is 98.7 Å². The number of halogens is 1. The summed E-state index contributed by atoms with van der Waals surface area (Å²) < 4.78 is 0. The van der Waals surface area contributed by atoms with E-state index in [4.69, 9.17) is 11.6 Å².